The van der Waals surface area contributed by atoms with Gasteiger partial charge in [-0.1, -0.05) is 11.3 Å². The van der Waals surface area contributed by atoms with E-state index in [1.165, 1.54) is 6.07 Å². The largest absolute Gasteiger partial charge is 0.491 e. The van der Waals surface area contributed by atoms with Crippen molar-refractivity contribution in [2.75, 3.05) is 44.3 Å². The first-order valence-electron chi connectivity index (χ1n) is 11.0. The monoisotopic (exact) mass is 511 g/mol. The number of carbonyl (C=O) groups is 1. The summed E-state index contributed by atoms with van der Waals surface area (Å²) < 4.78 is 39.4. The smallest absolute Gasteiger partial charge is 0.260 e. The fourth-order valence-electron chi connectivity index (χ4n) is 3.73. The molecule has 0 radical (unpaired) electrons. The zero-order valence-corrected chi connectivity index (χ0v) is 20.8. The number of fused-ring (bicyclic) bond motifs is 1. The van der Waals surface area contributed by atoms with Gasteiger partial charge in [-0.2, -0.15) is 0 Å². The highest BCUT2D eigenvalue weighted by atomic mass is 35.5. The normalized spacial score (nSPS) is 14.3. The van der Waals surface area contributed by atoms with Crippen LogP contribution in [0.3, 0.4) is 0 Å². The van der Waals surface area contributed by atoms with Gasteiger partial charge in [0.2, 0.25) is 0 Å². The first-order chi connectivity index (χ1) is 15.9. The fourth-order valence-corrected chi connectivity index (χ4v) is 4.76. The molecule has 0 unspecified atom stereocenters. The van der Waals surface area contributed by atoms with E-state index in [0.717, 1.165) is 37.0 Å². The van der Waals surface area contributed by atoms with Crippen LogP contribution in [0.5, 0.6) is 5.75 Å². The van der Waals surface area contributed by atoms with Gasteiger partial charge in [-0.15, -0.1) is 12.4 Å². The number of morpholine rings is 1. The Morgan fingerprint density at radius 1 is 1.21 bits per heavy atom. The highest BCUT2D eigenvalue weighted by molar-refractivity contribution is 7.22. The molecule has 0 spiro atoms. The van der Waals surface area contributed by atoms with Crippen molar-refractivity contribution in [3.8, 4) is 5.75 Å². The molecule has 4 rings (SSSR count). The molecule has 0 aliphatic carbocycles. The molecule has 1 aromatic heterocycles. The van der Waals surface area contributed by atoms with Crippen molar-refractivity contribution in [3.63, 3.8) is 0 Å². The third-order valence-electron chi connectivity index (χ3n) is 5.31. The SMILES string of the molecule is CC(C)Oc1ccc(C(=O)N(CCCN2CCOCC2)c2nc3c(F)cc(F)cc3s2)cc1.Cl. The van der Waals surface area contributed by atoms with Crippen LogP contribution in [0.4, 0.5) is 13.9 Å². The summed E-state index contributed by atoms with van der Waals surface area (Å²) in [5.41, 5.74) is 0.548. The van der Waals surface area contributed by atoms with Crippen molar-refractivity contribution in [2.24, 2.45) is 0 Å². The van der Waals surface area contributed by atoms with Gasteiger partial charge < -0.3 is 9.47 Å². The second-order valence-electron chi connectivity index (χ2n) is 8.19. The van der Waals surface area contributed by atoms with Crippen molar-refractivity contribution < 1.29 is 23.0 Å². The van der Waals surface area contributed by atoms with E-state index in [-0.39, 0.29) is 29.9 Å². The average Bonchev–Trinajstić information content (AvgIpc) is 3.21. The first kappa shape index (κ1) is 26.3. The summed E-state index contributed by atoms with van der Waals surface area (Å²) in [5.74, 6) is -0.963. The maximum absolute atomic E-state index is 14.3. The fraction of sp³-hybridized carbons (Fsp3) is 0.417. The molecule has 1 amide bonds. The lowest BCUT2D eigenvalue weighted by molar-refractivity contribution is 0.0376. The van der Waals surface area contributed by atoms with Crippen LogP contribution in [-0.2, 0) is 4.74 Å². The van der Waals surface area contributed by atoms with E-state index in [2.05, 4.69) is 9.88 Å². The van der Waals surface area contributed by atoms with E-state index in [0.29, 0.717) is 47.3 Å². The Balaban J connectivity index is 0.00000324. The van der Waals surface area contributed by atoms with Gasteiger partial charge in [-0.3, -0.25) is 14.6 Å². The van der Waals surface area contributed by atoms with Gasteiger partial charge >= 0.3 is 0 Å². The molecular formula is C24H28ClF2N3O3S. The molecule has 0 N–H and O–H groups in total. The molecule has 0 saturated carbocycles. The summed E-state index contributed by atoms with van der Waals surface area (Å²) in [7, 11) is 0. The Labute approximate surface area is 207 Å². The molecular weight excluding hydrogens is 484 g/mol. The number of benzene rings is 2. The number of nitrogens with zero attached hydrogens (tertiary/aromatic N) is 3. The highest BCUT2D eigenvalue weighted by Crippen LogP contribution is 2.32. The molecule has 2 aromatic carbocycles. The molecule has 184 valence electrons. The number of anilines is 1. The van der Waals surface area contributed by atoms with E-state index in [4.69, 9.17) is 9.47 Å². The predicted molar refractivity (Wildman–Crippen MR) is 133 cm³/mol. The van der Waals surface area contributed by atoms with Crippen LogP contribution < -0.4 is 9.64 Å². The number of hydrogen-bond acceptors (Lipinski definition) is 6. The molecule has 0 atom stereocenters. The second kappa shape index (κ2) is 11.9. The number of hydrogen-bond donors (Lipinski definition) is 0. The number of aromatic nitrogens is 1. The molecule has 1 aliphatic rings. The van der Waals surface area contributed by atoms with Crippen molar-refractivity contribution in [3.05, 3.63) is 53.6 Å². The van der Waals surface area contributed by atoms with Gasteiger partial charge in [0.15, 0.2) is 10.9 Å². The summed E-state index contributed by atoms with van der Waals surface area (Å²) in [6.45, 7) is 8.21. The second-order valence-corrected chi connectivity index (χ2v) is 9.20. The van der Waals surface area contributed by atoms with Crippen LogP contribution in [0.2, 0.25) is 0 Å². The minimum absolute atomic E-state index is 0. The van der Waals surface area contributed by atoms with E-state index in [9.17, 15) is 13.6 Å². The molecule has 1 saturated heterocycles. The Hall–Kier alpha value is -2.33. The zero-order valence-electron chi connectivity index (χ0n) is 19.1. The standard InChI is InChI=1S/C24H27F2N3O3S.ClH/c1-16(2)32-19-6-4-17(5-7-19)23(30)29(9-3-8-28-10-12-31-13-11-28)24-27-22-20(26)14-18(25)15-21(22)33-24;/h4-7,14-16H,3,8-13H2,1-2H3;1H. The minimum Gasteiger partial charge on any atom is -0.491 e. The lowest BCUT2D eigenvalue weighted by atomic mass is 10.2. The van der Waals surface area contributed by atoms with E-state index in [1.54, 1.807) is 29.2 Å². The molecule has 3 aromatic rings. The molecule has 10 heteroatoms. The predicted octanol–water partition coefficient (Wildman–Crippen LogP) is 5.15. The summed E-state index contributed by atoms with van der Waals surface area (Å²) in [5, 5.41) is 0.351. The van der Waals surface area contributed by atoms with E-state index in [1.807, 2.05) is 13.8 Å². The van der Waals surface area contributed by atoms with E-state index >= 15 is 0 Å². The molecule has 1 aliphatic heterocycles. The third kappa shape index (κ3) is 6.41. The highest BCUT2D eigenvalue weighted by Gasteiger charge is 2.23. The lowest BCUT2D eigenvalue weighted by Crippen LogP contribution is -2.39. The van der Waals surface area contributed by atoms with Gasteiger partial charge in [0, 0.05) is 37.8 Å². The summed E-state index contributed by atoms with van der Waals surface area (Å²) in [6.07, 6.45) is 0.744. The lowest BCUT2D eigenvalue weighted by Gasteiger charge is -2.27. The number of carbonyl (C=O) groups excluding carboxylic acids is 1. The Morgan fingerprint density at radius 3 is 2.59 bits per heavy atom. The zero-order chi connectivity index (χ0) is 23.4. The Bertz CT molecular complexity index is 1100. The van der Waals surface area contributed by atoms with Crippen LogP contribution in [0.25, 0.3) is 10.2 Å². The van der Waals surface area contributed by atoms with Gasteiger partial charge in [0.1, 0.15) is 17.1 Å². The summed E-state index contributed by atoms with van der Waals surface area (Å²) in [4.78, 5) is 21.6. The van der Waals surface area contributed by atoms with Crippen LogP contribution in [-0.4, -0.2) is 61.3 Å². The van der Waals surface area contributed by atoms with Gasteiger partial charge in [0.05, 0.1) is 24.0 Å². The van der Waals surface area contributed by atoms with Gasteiger partial charge in [-0.05, 0) is 50.6 Å². The first-order valence-corrected chi connectivity index (χ1v) is 11.9. The molecule has 2 heterocycles. The van der Waals surface area contributed by atoms with Crippen LogP contribution in [0, 0.1) is 11.6 Å². The number of halogens is 3. The molecule has 0 bridgehead atoms. The molecule has 1 fully saturated rings. The maximum Gasteiger partial charge on any atom is 0.260 e. The third-order valence-corrected chi connectivity index (χ3v) is 6.34. The number of thiazole rings is 1. The number of ether oxygens (including phenoxy) is 2. The van der Waals surface area contributed by atoms with Crippen molar-refractivity contribution in [1.29, 1.82) is 0 Å². The maximum atomic E-state index is 14.3. The van der Waals surface area contributed by atoms with Crippen molar-refractivity contribution in [1.82, 2.24) is 9.88 Å². The van der Waals surface area contributed by atoms with E-state index < -0.39 is 11.6 Å². The van der Waals surface area contributed by atoms with Crippen LogP contribution in [0.15, 0.2) is 36.4 Å². The number of amides is 1. The van der Waals surface area contributed by atoms with Crippen LogP contribution in [0.1, 0.15) is 30.6 Å². The Kier molecular flexibility index (Phi) is 9.18. The topological polar surface area (TPSA) is 54.9 Å². The molecule has 6 nitrogen and oxygen atoms in total. The summed E-state index contributed by atoms with van der Waals surface area (Å²) in [6, 6.07) is 8.99. The van der Waals surface area contributed by atoms with Crippen LogP contribution >= 0.6 is 23.7 Å². The average molecular weight is 512 g/mol. The Morgan fingerprint density at radius 2 is 1.91 bits per heavy atom. The number of rotatable bonds is 8. The van der Waals surface area contributed by atoms with Gasteiger partial charge in [-0.25, -0.2) is 13.8 Å². The minimum atomic E-state index is -0.733. The summed E-state index contributed by atoms with van der Waals surface area (Å²) >= 11 is 1.11. The molecule has 34 heavy (non-hydrogen) atoms. The van der Waals surface area contributed by atoms with Crippen molar-refractivity contribution in [2.45, 2.75) is 26.4 Å². The quantitative estimate of drug-likeness (QED) is 0.418. The van der Waals surface area contributed by atoms with Crippen molar-refractivity contribution >= 4 is 45.0 Å². The van der Waals surface area contributed by atoms with Gasteiger partial charge in [0.25, 0.3) is 5.91 Å².